The molecule has 70 valence electrons. The van der Waals surface area contributed by atoms with Crippen LogP contribution in [-0.4, -0.2) is 16.6 Å². The van der Waals surface area contributed by atoms with Crippen LogP contribution in [0.4, 0.5) is 0 Å². The first-order valence-electron chi connectivity index (χ1n) is 4.52. The van der Waals surface area contributed by atoms with E-state index < -0.39 is 0 Å². The Balaban J connectivity index is 1.93. The van der Waals surface area contributed by atoms with Gasteiger partial charge in [0.1, 0.15) is 0 Å². The van der Waals surface area contributed by atoms with Crippen LogP contribution in [0.3, 0.4) is 0 Å². The zero-order chi connectivity index (χ0) is 9.10. The van der Waals surface area contributed by atoms with Crippen LogP contribution in [0, 0.1) is 5.92 Å². The molecule has 0 radical (unpaired) electrons. The predicted octanol–water partition coefficient (Wildman–Crippen LogP) is 0.724. The maximum atomic E-state index is 5.44. The van der Waals surface area contributed by atoms with Crippen LogP contribution in [0.2, 0.25) is 0 Å². The van der Waals surface area contributed by atoms with Gasteiger partial charge in [-0.2, -0.15) is 0 Å². The Hall–Kier alpha value is -1.16. The largest absolute Gasteiger partial charge is 0.476 e. The molecule has 0 spiro atoms. The molecule has 0 saturated heterocycles. The second-order valence-electron chi connectivity index (χ2n) is 3.31. The second kappa shape index (κ2) is 3.70. The van der Waals surface area contributed by atoms with E-state index in [2.05, 4.69) is 9.97 Å². The van der Waals surface area contributed by atoms with Crippen molar-refractivity contribution in [2.45, 2.75) is 19.4 Å². The Labute approximate surface area is 77.1 Å². The SMILES string of the molecule is NCc1cncc(OCC2CC2)n1. The zero-order valence-electron chi connectivity index (χ0n) is 7.44. The minimum absolute atomic E-state index is 0.410. The van der Waals surface area contributed by atoms with Gasteiger partial charge < -0.3 is 10.5 Å². The third-order valence-electron chi connectivity index (χ3n) is 2.04. The molecule has 1 fully saturated rings. The minimum Gasteiger partial charge on any atom is -0.476 e. The average Bonchev–Trinajstić information content (AvgIpc) is 2.99. The molecule has 2 N–H and O–H groups in total. The smallest absolute Gasteiger partial charge is 0.232 e. The van der Waals surface area contributed by atoms with E-state index in [-0.39, 0.29) is 0 Å². The van der Waals surface area contributed by atoms with Crippen molar-refractivity contribution in [3.05, 3.63) is 18.1 Å². The maximum Gasteiger partial charge on any atom is 0.232 e. The number of hydrogen-bond donors (Lipinski definition) is 1. The summed E-state index contributed by atoms with van der Waals surface area (Å²) >= 11 is 0. The molecule has 0 aromatic carbocycles. The van der Waals surface area contributed by atoms with Crippen molar-refractivity contribution >= 4 is 0 Å². The van der Waals surface area contributed by atoms with Crippen LogP contribution in [0.5, 0.6) is 5.88 Å². The summed E-state index contributed by atoms with van der Waals surface area (Å²) in [6.45, 7) is 1.18. The van der Waals surface area contributed by atoms with Gasteiger partial charge in [0.2, 0.25) is 5.88 Å². The summed E-state index contributed by atoms with van der Waals surface area (Å²) in [5.41, 5.74) is 6.20. The van der Waals surface area contributed by atoms with Gasteiger partial charge in [-0.3, -0.25) is 4.98 Å². The highest BCUT2D eigenvalue weighted by Gasteiger charge is 2.22. The number of nitrogens with two attached hydrogens (primary N) is 1. The van der Waals surface area contributed by atoms with E-state index in [9.17, 15) is 0 Å². The Kier molecular flexibility index (Phi) is 2.40. The fourth-order valence-electron chi connectivity index (χ4n) is 1.04. The van der Waals surface area contributed by atoms with Gasteiger partial charge in [0, 0.05) is 12.7 Å². The molecule has 1 aliphatic carbocycles. The van der Waals surface area contributed by atoms with Gasteiger partial charge in [0.15, 0.2) is 0 Å². The van der Waals surface area contributed by atoms with Gasteiger partial charge in [0.25, 0.3) is 0 Å². The topological polar surface area (TPSA) is 61.0 Å². The van der Waals surface area contributed by atoms with Crippen molar-refractivity contribution in [3.63, 3.8) is 0 Å². The van der Waals surface area contributed by atoms with Crippen LogP contribution >= 0.6 is 0 Å². The molecule has 1 aromatic heterocycles. The molecule has 0 aliphatic heterocycles. The molecule has 0 unspecified atom stereocenters. The highest BCUT2D eigenvalue weighted by molar-refractivity contribution is 5.08. The predicted molar refractivity (Wildman–Crippen MR) is 48.1 cm³/mol. The fourth-order valence-corrected chi connectivity index (χ4v) is 1.04. The maximum absolute atomic E-state index is 5.44. The Morgan fingerprint density at radius 2 is 2.31 bits per heavy atom. The van der Waals surface area contributed by atoms with Crippen LogP contribution in [0.1, 0.15) is 18.5 Å². The molecule has 1 heterocycles. The van der Waals surface area contributed by atoms with Crippen LogP contribution < -0.4 is 10.5 Å². The molecular weight excluding hydrogens is 166 g/mol. The van der Waals surface area contributed by atoms with Crippen molar-refractivity contribution < 1.29 is 4.74 Å². The van der Waals surface area contributed by atoms with Crippen LogP contribution in [-0.2, 0) is 6.54 Å². The lowest BCUT2D eigenvalue weighted by Crippen LogP contribution is -2.05. The van der Waals surface area contributed by atoms with Crippen LogP contribution in [0.25, 0.3) is 0 Å². The normalized spacial score (nSPS) is 15.8. The number of nitrogens with zero attached hydrogens (tertiary/aromatic N) is 2. The van der Waals surface area contributed by atoms with Crippen molar-refractivity contribution in [2.24, 2.45) is 11.7 Å². The van der Waals surface area contributed by atoms with E-state index in [0.717, 1.165) is 18.2 Å². The lowest BCUT2D eigenvalue weighted by atomic mass is 10.4. The quantitative estimate of drug-likeness (QED) is 0.740. The summed E-state index contributed by atoms with van der Waals surface area (Å²) in [5.74, 6) is 1.33. The van der Waals surface area contributed by atoms with Gasteiger partial charge in [0.05, 0.1) is 18.5 Å². The number of hydrogen-bond acceptors (Lipinski definition) is 4. The van der Waals surface area contributed by atoms with E-state index in [1.807, 2.05) is 0 Å². The third-order valence-corrected chi connectivity index (χ3v) is 2.04. The molecule has 4 heteroatoms. The van der Waals surface area contributed by atoms with Gasteiger partial charge >= 0.3 is 0 Å². The van der Waals surface area contributed by atoms with Gasteiger partial charge in [-0.1, -0.05) is 0 Å². The molecule has 1 saturated carbocycles. The molecule has 0 atom stereocenters. The van der Waals surface area contributed by atoms with Gasteiger partial charge in [-0.25, -0.2) is 4.98 Å². The standard InChI is InChI=1S/C9H13N3O/c10-3-8-4-11-5-9(12-8)13-6-7-1-2-7/h4-5,7H,1-3,6,10H2. The number of ether oxygens (including phenoxy) is 1. The summed E-state index contributed by atoms with van der Waals surface area (Å²) in [7, 11) is 0. The monoisotopic (exact) mass is 179 g/mol. The Bertz CT molecular complexity index is 286. The Morgan fingerprint density at radius 3 is 3.00 bits per heavy atom. The number of aromatic nitrogens is 2. The first kappa shape index (κ1) is 8.44. The van der Waals surface area contributed by atoms with E-state index in [0.29, 0.717) is 12.4 Å². The summed E-state index contributed by atoms with van der Waals surface area (Å²) in [6, 6.07) is 0. The molecule has 1 aromatic rings. The molecule has 2 rings (SSSR count). The molecule has 13 heavy (non-hydrogen) atoms. The second-order valence-corrected chi connectivity index (χ2v) is 3.31. The summed E-state index contributed by atoms with van der Waals surface area (Å²) in [6.07, 6.45) is 5.85. The first-order chi connectivity index (χ1) is 6.38. The molecule has 4 nitrogen and oxygen atoms in total. The van der Waals surface area contributed by atoms with Crippen molar-refractivity contribution in [1.82, 2.24) is 9.97 Å². The van der Waals surface area contributed by atoms with E-state index in [1.54, 1.807) is 12.4 Å². The Morgan fingerprint density at radius 1 is 1.46 bits per heavy atom. The summed E-state index contributed by atoms with van der Waals surface area (Å²) < 4.78 is 5.44. The van der Waals surface area contributed by atoms with E-state index >= 15 is 0 Å². The lowest BCUT2D eigenvalue weighted by Gasteiger charge is -2.03. The van der Waals surface area contributed by atoms with Crippen molar-refractivity contribution in [2.75, 3.05) is 6.61 Å². The minimum atomic E-state index is 0.410. The zero-order valence-corrected chi connectivity index (χ0v) is 7.44. The third kappa shape index (κ3) is 2.39. The average molecular weight is 179 g/mol. The molecular formula is C9H13N3O. The fraction of sp³-hybridized carbons (Fsp3) is 0.556. The summed E-state index contributed by atoms with van der Waals surface area (Å²) in [4.78, 5) is 8.17. The van der Waals surface area contributed by atoms with E-state index in [1.165, 1.54) is 12.8 Å². The molecule has 0 bridgehead atoms. The van der Waals surface area contributed by atoms with Crippen LogP contribution in [0.15, 0.2) is 12.4 Å². The molecule has 0 amide bonds. The highest BCUT2D eigenvalue weighted by atomic mass is 16.5. The van der Waals surface area contributed by atoms with E-state index in [4.69, 9.17) is 10.5 Å². The summed E-state index contributed by atoms with van der Waals surface area (Å²) in [5, 5.41) is 0. The van der Waals surface area contributed by atoms with Crippen molar-refractivity contribution in [1.29, 1.82) is 0 Å². The first-order valence-corrected chi connectivity index (χ1v) is 4.52. The number of rotatable bonds is 4. The highest BCUT2D eigenvalue weighted by Crippen LogP contribution is 2.29. The van der Waals surface area contributed by atoms with Gasteiger partial charge in [-0.15, -0.1) is 0 Å². The van der Waals surface area contributed by atoms with Crippen molar-refractivity contribution in [3.8, 4) is 5.88 Å². The lowest BCUT2D eigenvalue weighted by molar-refractivity contribution is 0.286. The van der Waals surface area contributed by atoms with Gasteiger partial charge in [-0.05, 0) is 18.8 Å². The molecule has 1 aliphatic rings.